The molecule has 0 atom stereocenters. The summed E-state index contributed by atoms with van der Waals surface area (Å²) in [6, 6.07) is 15.5. The monoisotopic (exact) mass is 476 g/mol. The topological polar surface area (TPSA) is 32.3 Å². The smallest absolute Gasteiger partial charge is 0.140 e. The van der Waals surface area contributed by atoms with Crippen molar-refractivity contribution in [1.29, 1.82) is 0 Å². The minimum absolute atomic E-state index is 0.171. The standard InChI is InChI=1S/C26H29BrN4/c1-26(11-12-26)25-28-22-8-7-19(27)17-21(22)24(29-25)31-15-9-18(10-16-31)20-5-2-3-6-23(20)30-13-4-14-30/h2-3,5-8,17-18H,4,9-16H2,1H3. The van der Waals surface area contributed by atoms with Crippen LogP contribution in [-0.2, 0) is 5.41 Å². The number of anilines is 2. The molecule has 4 nitrogen and oxygen atoms in total. The summed E-state index contributed by atoms with van der Waals surface area (Å²) in [4.78, 5) is 15.2. The van der Waals surface area contributed by atoms with E-state index in [1.54, 1.807) is 5.56 Å². The van der Waals surface area contributed by atoms with Crippen LogP contribution in [0.3, 0.4) is 0 Å². The van der Waals surface area contributed by atoms with Crippen LogP contribution in [-0.4, -0.2) is 36.1 Å². The van der Waals surface area contributed by atoms with Crippen molar-refractivity contribution < 1.29 is 0 Å². The number of fused-ring (bicyclic) bond motifs is 1. The Labute approximate surface area is 192 Å². The molecule has 2 aliphatic heterocycles. The molecule has 0 unspecified atom stereocenters. The maximum Gasteiger partial charge on any atom is 0.140 e. The van der Waals surface area contributed by atoms with Crippen LogP contribution in [0, 0.1) is 0 Å². The lowest BCUT2D eigenvalue weighted by Crippen LogP contribution is -2.39. The maximum atomic E-state index is 5.15. The lowest BCUT2D eigenvalue weighted by Gasteiger charge is -2.39. The lowest BCUT2D eigenvalue weighted by atomic mass is 9.87. The summed E-state index contributed by atoms with van der Waals surface area (Å²) in [5.41, 5.74) is 4.25. The van der Waals surface area contributed by atoms with Gasteiger partial charge in [-0.25, -0.2) is 9.97 Å². The van der Waals surface area contributed by atoms with Crippen LogP contribution < -0.4 is 9.80 Å². The van der Waals surface area contributed by atoms with Crippen molar-refractivity contribution >= 4 is 38.3 Å². The molecule has 1 saturated carbocycles. The minimum Gasteiger partial charge on any atom is -0.371 e. The van der Waals surface area contributed by atoms with Crippen LogP contribution in [0.15, 0.2) is 46.9 Å². The lowest BCUT2D eigenvalue weighted by molar-refractivity contribution is 0.499. The molecule has 31 heavy (non-hydrogen) atoms. The van der Waals surface area contributed by atoms with Crippen LogP contribution in [0.2, 0.25) is 0 Å². The fourth-order valence-electron chi connectivity index (χ4n) is 5.09. The first kappa shape index (κ1) is 19.5. The van der Waals surface area contributed by atoms with Crippen molar-refractivity contribution in [3.8, 4) is 0 Å². The molecule has 2 aromatic carbocycles. The second kappa shape index (κ2) is 7.47. The molecule has 1 aromatic heterocycles. The van der Waals surface area contributed by atoms with Crippen LogP contribution in [0.4, 0.5) is 11.5 Å². The molecule has 1 aliphatic carbocycles. The fraction of sp³-hybridized carbons (Fsp3) is 0.462. The van der Waals surface area contributed by atoms with E-state index in [2.05, 4.69) is 75.1 Å². The molecule has 5 heteroatoms. The third kappa shape index (κ3) is 3.51. The van der Waals surface area contributed by atoms with Crippen LogP contribution in [0.5, 0.6) is 0 Å². The van der Waals surface area contributed by atoms with Crippen molar-refractivity contribution in [2.24, 2.45) is 0 Å². The summed E-state index contributed by atoms with van der Waals surface area (Å²) in [6.07, 6.45) is 6.08. The Morgan fingerprint density at radius 2 is 1.71 bits per heavy atom. The van der Waals surface area contributed by atoms with Gasteiger partial charge in [-0.1, -0.05) is 41.1 Å². The third-order valence-electron chi connectivity index (χ3n) is 7.55. The predicted octanol–water partition coefficient (Wildman–Crippen LogP) is 6.04. The van der Waals surface area contributed by atoms with Gasteiger partial charge in [0.15, 0.2) is 0 Å². The van der Waals surface area contributed by atoms with Crippen molar-refractivity contribution in [2.75, 3.05) is 36.0 Å². The number of benzene rings is 2. The Bertz CT molecular complexity index is 1130. The summed E-state index contributed by atoms with van der Waals surface area (Å²) in [6.45, 7) is 6.82. The van der Waals surface area contributed by atoms with Crippen molar-refractivity contribution in [3.05, 3.63) is 58.3 Å². The number of para-hydroxylation sites is 1. The van der Waals surface area contributed by atoms with Crippen molar-refractivity contribution in [1.82, 2.24) is 9.97 Å². The number of hydrogen-bond acceptors (Lipinski definition) is 4. The zero-order chi connectivity index (χ0) is 21.0. The van der Waals surface area contributed by atoms with Crippen LogP contribution in [0.25, 0.3) is 10.9 Å². The Balaban J connectivity index is 1.30. The molecule has 0 radical (unpaired) electrons. The van der Waals surface area contributed by atoms with E-state index < -0.39 is 0 Å². The average Bonchev–Trinajstić information content (AvgIpc) is 3.51. The summed E-state index contributed by atoms with van der Waals surface area (Å²) in [5.74, 6) is 2.79. The maximum absolute atomic E-state index is 5.15. The van der Waals surface area contributed by atoms with Gasteiger partial charge in [-0.15, -0.1) is 0 Å². The van der Waals surface area contributed by atoms with Gasteiger partial charge in [0.1, 0.15) is 11.6 Å². The second-order valence-electron chi connectivity index (χ2n) is 9.75. The molecule has 0 N–H and O–H groups in total. The van der Waals surface area contributed by atoms with E-state index in [0.29, 0.717) is 5.92 Å². The molecule has 0 amide bonds. The number of rotatable bonds is 4. The Morgan fingerprint density at radius 3 is 2.42 bits per heavy atom. The Morgan fingerprint density at radius 1 is 0.935 bits per heavy atom. The highest BCUT2D eigenvalue weighted by atomic mass is 79.9. The zero-order valence-electron chi connectivity index (χ0n) is 18.1. The molecule has 3 aromatic rings. The SMILES string of the molecule is CC1(c2nc(N3CCC(c4ccccc4N4CCC4)CC3)c3cc(Br)ccc3n2)CC1. The van der Waals surface area contributed by atoms with Crippen LogP contribution in [0.1, 0.15) is 56.3 Å². The highest BCUT2D eigenvalue weighted by Gasteiger charge is 2.42. The quantitative estimate of drug-likeness (QED) is 0.459. The van der Waals surface area contributed by atoms with E-state index in [1.807, 2.05) is 0 Å². The molecule has 3 aliphatic rings. The van der Waals surface area contributed by atoms with Gasteiger partial charge in [0.25, 0.3) is 0 Å². The van der Waals surface area contributed by atoms with E-state index in [0.717, 1.165) is 34.7 Å². The molecule has 6 rings (SSSR count). The molecule has 2 saturated heterocycles. The Kier molecular flexibility index (Phi) is 4.71. The largest absolute Gasteiger partial charge is 0.371 e. The molecule has 0 spiro atoms. The van der Waals surface area contributed by atoms with E-state index >= 15 is 0 Å². The van der Waals surface area contributed by atoms with E-state index in [4.69, 9.17) is 9.97 Å². The predicted molar refractivity (Wildman–Crippen MR) is 131 cm³/mol. The highest BCUT2D eigenvalue weighted by molar-refractivity contribution is 9.10. The van der Waals surface area contributed by atoms with Gasteiger partial charge in [-0.05, 0) is 67.9 Å². The van der Waals surface area contributed by atoms with Crippen LogP contribution >= 0.6 is 15.9 Å². The molecule has 0 bridgehead atoms. The van der Waals surface area contributed by atoms with Gasteiger partial charge < -0.3 is 9.80 Å². The molecule has 3 fully saturated rings. The molecule has 160 valence electrons. The summed E-state index contributed by atoms with van der Waals surface area (Å²) in [5, 5.41) is 1.17. The third-order valence-corrected chi connectivity index (χ3v) is 8.04. The van der Waals surface area contributed by atoms with Gasteiger partial charge in [0, 0.05) is 47.1 Å². The summed E-state index contributed by atoms with van der Waals surface area (Å²) in [7, 11) is 0. The summed E-state index contributed by atoms with van der Waals surface area (Å²) >= 11 is 3.66. The number of piperidine rings is 1. The average molecular weight is 477 g/mol. The van der Waals surface area contributed by atoms with Gasteiger partial charge in [-0.2, -0.15) is 0 Å². The molecule has 3 heterocycles. The second-order valence-corrected chi connectivity index (χ2v) is 10.7. The van der Waals surface area contributed by atoms with Gasteiger partial charge in [0.2, 0.25) is 0 Å². The first-order valence-electron chi connectivity index (χ1n) is 11.7. The van der Waals surface area contributed by atoms with Crippen molar-refractivity contribution in [2.45, 2.75) is 50.4 Å². The first-order valence-corrected chi connectivity index (χ1v) is 12.5. The fourth-order valence-corrected chi connectivity index (χ4v) is 5.45. The number of aromatic nitrogens is 2. The summed E-state index contributed by atoms with van der Waals surface area (Å²) < 4.78 is 1.09. The zero-order valence-corrected chi connectivity index (χ0v) is 19.7. The molecular formula is C26H29BrN4. The number of nitrogens with zero attached hydrogens (tertiary/aromatic N) is 4. The van der Waals surface area contributed by atoms with E-state index in [1.165, 1.54) is 56.3 Å². The van der Waals surface area contributed by atoms with Gasteiger partial charge in [0.05, 0.1) is 5.52 Å². The first-order chi connectivity index (χ1) is 15.1. The van der Waals surface area contributed by atoms with E-state index in [-0.39, 0.29) is 5.41 Å². The number of hydrogen-bond donors (Lipinski definition) is 0. The molecular weight excluding hydrogens is 448 g/mol. The normalized spacial score (nSPS) is 20.7. The minimum atomic E-state index is 0.171. The van der Waals surface area contributed by atoms with Crippen molar-refractivity contribution in [3.63, 3.8) is 0 Å². The van der Waals surface area contributed by atoms with Gasteiger partial charge >= 0.3 is 0 Å². The van der Waals surface area contributed by atoms with Gasteiger partial charge in [-0.3, -0.25) is 0 Å². The Hall–Kier alpha value is -2.14. The highest BCUT2D eigenvalue weighted by Crippen LogP contribution is 2.47. The number of halogens is 1. The van der Waals surface area contributed by atoms with E-state index in [9.17, 15) is 0 Å².